The van der Waals surface area contributed by atoms with Crippen LogP contribution in [-0.4, -0.2) is 76.2 Å². The summed E-state index contributed by atoms with van der Waals surface area (Å²) in [6.07, 6.45) is 5.62. The zero-order valence-corrected chi connectivity index (χ0v) is 21.2. The van der Waals surface area contributed by atoms with Gasteiger partial charge in [0.2, 0.25) is 10.0 Å². The smallest absolute Gasteiger partial charge is 0.208 e. The van der Waals surface area contributed by atoms with Gasteiger partial charge in [0.05, 0.1) is 6.26 Å². The molecular formula is C21H36IN5O2S. The molecule has 2 unspecified atom stereocenters. The Morgan fingerprint density at radius 3 is 2.63 bits per heavy atom. The molecule has 2 N–H and O–H groups in total. The number of fused-ring (bicyclic) bond motifs is 1. The van der Waals surface area contributed by atoms with Crippen LogP contribution < -0.4 is 10.0 Å². The van der Waals surface area contributed by atoms with Crippen LogP contribution in [0.2, 0.25) is 0 Å². The Labute approximate surface area is 198 Å². The van der Waals surface area contributed by atoms with Gasteiger partial charge in [-0.25, -0.2) is 13.1 Å². The Balaban J connectivity index is 0.00000320. The summed E-state index contributed by atoms with van der Waals surface area (Å²) in [5.41, 5.74) is 1.40. The summed E-state index contributed by atoms with van der Waals surface area (Å²) in [4.78, 5) is 9.51. The molecule has 3 rings (SSSR count). The third kappa shape index (κ3) is 7.65. The van der Waals surface area contributed by atoms with Gasteiger partial charge < -0.3 is 10.2 Å². The Kier molecular flexibility index (Phi) is 10.3. The van der Waals surface area contributed by atoms with Crippen LogP contribution in [0.5, 0.6) is 0 Å². The number of rotatable bonds is 7. The van der Waals surface area contributed by atoms with Crippen molar-refractivity contribution < 1.29 is 8.42 Å². The number of sulfonamides is 1. The molecule has 0 radical (unpaired) electrons. The fraction of sp³-hybridized carbons (Fsp3) is 0.667. The summed E-state index contributed by atoms with van der Waals surface area (Å²) in [6, 6.07) is 11.4. The number of guanidine groups is 1. The normalized spacial score (nSPS) is 22.9. The minimum atomic E-state index is -3.12. The van der Waals surface area contributed by atoms with Crippen molar-refractivity contribution >= 4 is 40.0 Å². The summed E-state index contributed by atoms with van der Waals surface area (Å²) in [5, 5.41) is 3.40. The van der Waals surface area contributed by atoms with Crippen LogP contribution >= 0.6 is 24.0 Å². The average Bonchev–Trinajstić information content (AvgIpc) is 2.70. The zero-order valence-electron chi connectivity index (χ0n) is 18.1. The molecule has 0 spiro atoms. The Hall–Kier alpha value is -0.910. The molecule has 30 heavy (non-hydrogen) atoms. The van der Waals surface area contributed by atoms with Crippen LogP contribution in [0.15, 0.2) is 35.3 Å². The van der Waals surface area contributed by atoms with Crippen molar-refractivity contribution in [3.63, 3.8) is 0 Å². The number of nitrogens with one attached hydrogen (secondary N) is 2. The molecule has 7 nitrogen and oxygen atoms in total. The number of benzene rings is 1. The molecule has 0 amide bonds. The molecule has 0 saturated carbocycles. The van der Waals surface area contributed by atoms with E-state index in [0.717, 1.165) is 38.4 Å². The lowest BCUT2D eigenvalue weighted by Crippen LogP contribution is -2.56. The molecule has 2 heterocycles. The van der Waals surface area contributed by atoms with Gasteiger partial charge in [-0.05, 0) is 43.7 Å². The van der Waals surface area contributed by atoms with E-state index in [1.165, 1.54) is 31.2 Å². The van der Waals surface area contributed by atoms with E-state index in [9.17, 15) is 8.42 Å². The van der Waals surface area contributed by atoms with E-state index in [2.05, 4.69) is 55.2 Å². The maximum absolute atomic E-state index is 11.1. The predicted molar refractivity (Wildman–Crippen MR) is 134 cm³/mol. The molecule has 1 aromatic rings. The number of aliphatic imine (C=N–C) groups is 1. The highest BCUT2D eigenvalue weighted by Crippen LogP contribution is 2.31. The van der Waals surface area contributed by atoms with E-state index < -0.39 is 10.0 Å². The second kappa shape index (κ2) is 12.2. The van der Waals surface area contributed by atoms with Gasteiger partial charge in [-0.1, -0.05) is 30.3 Å². The number of hydrogen-bond acceptors (Lipinski definition) is 4. The summed E-state index contributed by atoms with van der Waals surface area (Å²) in [7, 11) is -1.29. The Bertz CT molecular complexity index is 775. The van der Waals surface area contributed by atoms with Gasteiger partial charge >= 0.3 is 0 Å². The summed E-state index contributed by atoms with van der Waals surface area (Å²) in [6.45, 7) is 5.44. The Morgan fingerprint density at radius 2 is 1.93 bits per heavy atom. The van der Waals surface area contributed by atoms with E-state index >= 15 is 0 Å². The SMILES string of the molecule is CN=C(NCCCNS(C)(=O)=O)N1CCC2C(CCCN2Cc2ccccc2)C1.I. The molecule has 0 bridgehead atoms. The third-order valence-electron chi connectivity index (χ3n) is 5.92. The molecule has 0 aliphatic carbocycles. The van der Waals surface area contributed by atoms with Gasteiger partial charge in [0, 0.05) is 45.8 Å². The Morgan fingerprint density at radius 1 is 1.17 bits per heavy atom. The summed E-state index contributed by atoms with van der Waals surface area (Å²) >= 11 is 0. The van der Waals surface area contributed by atoms with Crippen LogP contribution in [0.4, 0.5) is 0 Å². The third-order valence-corrected chi connectivity index (χ3v) is 6.65. The van der Waals surface area contributed by atoms with Crippen LogP contribution in [0, 0.1) is 5.92 Å². The highest BCUT2D eigenvalue weighted by molar-refractivity contribution is 14.0. The first kappa shape index (κ1) is 25.4. The number of hydrogen-bond donors (Lipinski definition) is 2. The van der Waals surface area contributed by atoms with Crippen LogP contribution in [-0.2, 0) is 16.6 Å². The number of likely N-dealkylation sites (tertiary alicyclic amines) is 2. The number of piperidine rings is 2. The maximum Gasteiger partial charge on any atom is 0.208 e. The molecule has 2 atom stereocenters. The van der Waals surface area contributed by atoms with E-state index in [-0.39, 0.29) is 24.0 Å². The second-order valence-electron chi connectivity index (χ2n) is 8.15. The summed E-state index contributed by atoms with van der Waals surface area (Å²) < 4.78 is 24.8. The molecular weight excluding hydrogens is 513 g/mol. The molecule has 2 aliphatic rings. The van der Waals surface area contributed by atoms with Crippen LogP contribution in [0.1, 0.15) is 31.2 Å². The maximum atomic E-state index is 11.1. The van der Waals surface area contributed by atoms with E-state index in [1.807, 2.05) is 7.05 Å². The highest BCUT2D eigenvalue weighted by Gasteiger charge is 2.36. The molecule has 0 aromatic heterocycles. The van der Waals surface area contributed by atoms with E-state index in [1.54, 1.807) is 0 Å². The highest BCUT2D eigenvalue weighted by atomic mass is 127. The molecule has 2 saturated heterocycles. The number of halogens is 1. The van der Waals surface area contributed by atoms with Gasteiger partial charge in [0.15, 0.2) is 5.96 Å². The first-order valence-electron chi connectivity index (χ1n) is 10.6. The second-order valence-corrected chi connectivity index (χ2v) is 9.99. The quantitative estimate of drug-likeness (QED) is 0.236. The largest absolute Gasteiger partial charge is 0.356 e. The fourth-order valence-electron chi connectivity index (χ4n) is 4.59. The standard InChI is InChI=1S/C21H35N5O2S.HI/c1-22-21(23-12-7-13-24-29(2,27)28)26-15-11-20-19(17-26)10-6-14-25(20)16-18-8-4-3-5-9-18;/h3-5,8-9,19-20,24H,6-7,10-17H2,1-2H3,(H,22,23);1H. The molecule has 1 aromatic carbocycles. The van der Waals surface area contributed by atoms with Crippen molar-refractivity contribution in [2.75, 3.05) is 46.0 Å². The van der Waals surface area contributed by atoms with Crippen molar-refractivity contribution in [3.8, 4) is 0 Å². The topological polar surface area (TPSA) is 77.0 Å². The monoisotopic (exact) mass is 549 g/mol. The van der Waals surface area contributed by atoms with E-state index in [0.29, 0.717) is 25.0 Å². The fourth-order valence-corrected chi connectivity index (χ4v) is 5.11. The predicted octanol–water partition coefficient (Wildman–Crippen LogP) is 2.11. The lowest BCUT2D eigenvalue weighted by molar-refractivity contribution is 0.0372. The minimum absolute atomic E-state index is 0. The average molecular weight is 550 g/mol. The van der Waals surface area contributed by atoms with Crippen molar-refractivity contribution in [1.29, 1.82) is 0 Å². The molecule has 170 valence electrons. The molecule has 2 fully saturated rings. The van der Waals surface area contributed by atoms with Gasteiger partial charge in [-0.2, -0.15) is 0 Å². The van der Waals surface area contributed by atoms with Crippen molar-refractivity contribution in [2.24, 2.45) is 10.9 Å². The van der Waals surface area contributed by atoms with Crippen molar-refractivity contribution in [2.45, 2.75) is 38.3 Å². The number of nitrogens with zero attached hydrogens (tertiary/aromatic N) is 3. The van der Waals surface area contributed by atoms with E-state index in [4.69, 9.17) is 0 Å². The van der Waals surface area contributed by atoms with Gasteiger partial charge in [-0.15, -0.1) is 24.0 Å². The summed E-state index contributed by atoms with van der Waals surface area (Å²) in [5.74, 6) is 1.61. The first-order chi connectivity index (χ1) is 14.0. The van der Waals surface area contributed by atoms with Gasteiger partial charge in [0.1, 0.15) is 0 Å². The lowest BCUT2D eigenvalue weighted by atomic mass is 9.83. The molecule has 2 aliphatic heterocycles. The molecule has 9 heteroatoms. The van der Waals surface area contributed by atoms with Gasteiger partial charge in [-0.3, -0.25) is 9.89 Å². The zero-order chi connectivity index (χ0) is 20.7. The first-order valence-corrected chi connectivity index (χ1v) is 12.5. The minimum Gasteiger partial charge on any atom is -0.356 e. The van der Waals surface area contributed by atoms with Crippen molar-refractivity contribution in [1.82, 2.24) is 19.8 Å². The van der Waals surface area contributed by atoms with Crippen molar-refractivity contribution in [3.05, 3.63) is 35.9 Å². The lowest BCUT2D eigenvalue weighted by Gasteiger charge is -2.48. The van der Waals surface area contributed by atoms with Crippen LogP contribution in [0.3, 0.4) is 0 Å². The van der Waals surface area contributed by atoms with Crippen LogP contribution in [0.25, 0.3) is 0 Å². The van der Waals surface area contributed by atoms with Gasteiger partial charge in [0.25, 0.3) is 0 Å².